The molecule has 7 heteroatoms. The van der Waals surface area contributed by atoms with E-state index in [2.05, 4.69) is 16.7 Å². The molecule has 1 saturated heterocycles. The summed E-state index contributed by atoms with van der Waals surface area (Å²) in [4.78, 5) is 0.260. The van der Waals surface area contributed by atoms with Crippen molar-refractivity contribution in [3.8, 4) is 0 Å². The summed E-state index contributed by atoms with van der Waals surface area (Å²) < 4.78 is 35.0. The Bertz CT molecular complexity index is 778. The third-order valence-corrected chi connectivity index (χ3v) is 5.72. The van der Waals surface area contributed by atoms with Gasteiger partial charge < -0.3 is 4.74 Å². The minimum Gasteiger partial charge on any atom is -0.376 e. The Morgan fingerprint density at radius 3 is 2.76 bits per heavy atom. The lowest BCUT2D eigenvalue weighted by Gasteiger charge is -2.22. The zero-order chi connectivity index (χ0) is 17.7. The summed E-state index contributed by atoms with van der Waals surface area (Å²) in [6, 6.07) is 7.02. The summed E-state index contributed by atoms with van der Waals surface area (Å²) in [6.07, 6.45) is 8.68. The van der Waals surface area contributed by atoms with Crippen LogP contribution in [0.3, 0.4) is 0 Å². The van der Waals surface area contributed by atoms with Crippen molar-refractivity contribution in [1.29, 1.82) is 0 Å². The van der Waals surface area contributed by atoms with E-state index in [9.17, 15) is 8.42 Å². The maximum atomic E-state index is 12.5. The Balaban J connectivity index is 1.64. The van der Waals surface area contributed by atoms with Crippen LogP contribution in [0, 0.1) is 0 Å². The number of ether oxygens (including phenoxy) is 1. The maximum Gasteiger partial charge on any atom is 0.261 e. The SMILES string of the molecule is CCCc1ccc(S(=O)(=O)Nc2cnn(CC3CCCCO3)c2)cc1. The van der Waals surface area contributed by atoms with E-state index in [1.807, 2.05) is 12.1 Å². The van der Waals surface area contributed by atoms with Gasteiger partial charge in [-0.25, -0.2) is 8.42 Å². The summed E-state index contributed by atoms with van der Waals surface area (Å²) in [7, 11) is -3.60. The molecule has 1 fully saturated rings. The van der Waals surface area contributed by atoms with E-state index in [4.69, 9.17) is 4.74 Å². The third kappa shape index (κ3) is 4.83. The van der Waals surface area contributed by atoms with E-state index in [1.165, 1.54) is 12.6 Å². The molecule has 0 aliphatic carbocycles. The third-order valence-electron chi connectivity index (χ3n) is 4.32. The molecule has 1 aromatic carbocycles. The Hall–Kier alpha value is -1.86. The van der Waals surface area contributed by atoms with Gasteiger partial charge in [-0.1, -0.05) is 25.5 Å². The molecule has 1 aliphatic heterocycles. The highest BCUT2D eigenvalue weighted by Crippen LogP contribution is 2.18. The molecule has 1 unspecified atom stereocenters. The second kappa shape index (κ2) is 8.01. The van der Waals surface area contributed by atoms with Crippen molar-refractivity contribution in [3.05, 3.63) is 42.2 Å². The predicted octanol–water partition coefficient (Wildman–Crippen LogP) is 3.21. The first-order chi connectivity index (χ1) is 12.1. The lowest BCUT2D eigenvalue weighted by atomic mass is 10.1. The number of anilines is 1. The Labute approximate surface area is 149 Å². The average molecular weight is 363 g/mol. The van der Waals surface area contributed by atoms with E-state index in [0.29, 0.717) is 12.2 Å². The molecular weight excluding hydrogens is 338 g/mol. The van der Waals surface area contributed by atoms with Crippen molar-refractivity contribution in [2.75, 3.05) is 11.3 Å². The number of hydrogen-bond donors (Lipinski definition) is 1. The Kier molecular flexibility index (Phi) is 5.75. The molecule has 0 spiro atoms. The number of rotatable bonds is 7. The van der Waals surface area contributed by atoms with Crippen LogP contribution in [-0.2, 0) is 27.7 Å². The fourth-order valence-corrected chi connectivity index (χ4v) is 4.04. The molecule has 2 heterocycles. The van der Waals surface area contributed by atoms with Gasteiger partial charge in [0.2, 0.25) is 0 Å². The standard InChI is InChI=1S/C18H25N3O3S/c1-2-5-15-7-9-18(10-8-15)25(22,23)20-16-12-19-21(13-16)14-17-6-3-4-11-24-17/h7-10,12-13,17,20H,2-6,11,14H2,1H3. The number of aromatic nitrogens is 2. The van der Waals surface area contributed by atoms with Crippen LogP contribution in [0.1, 0.15) is 38.2 Å². The van der Waals surface area contributed by atoms with Crippen molar-refractivity contribution in [1.82, 2.24) is 9.78 Å². The first kappa shape index (κ1) is 17.9. The Morgan fingerprint density at radius 2 is 2.08 bits per heavy atom. The molecule has 0 radical (unpaired) electrons. The minimum atomic E-state index is -3.60. The smallest absolute Gasteiger partial charge is 0.261 e. The van der Waals surface area contributed by atoms with Crippen LogP contribution >= 0.6 is 0 Å². The largest absolute Gasteiger partial charge is 0.376 e. The molecule has 3 rings (SSSR count). The van der Waals surface area contributed by atoms with Crippen LogP contribution in [-0.4, -0.2) is 30.9 Å². The number of nitrogens with one attached hydrogen (secondary N) is 1. The van der Waals surface area contributed by atoms with E-state index < -0.39 is 10.0 Å². The molecule has 1 aliphatic rings. The van der Waals surface area contributed by atoms with Crippen molar-refractivity contribution in [3.63, 3.8) is 0 Å². The van der Waals surface area contributed by atoms with Gasteiger partial charge in [-0.3, -0.25) is 9.40 Å². The number of hydrogen-bond acceptors (Lipinski definition) is 4. The number of nitrogens with zero attached hydrogens (tertiary/aromatic N) is 2. The summed E-state index contributed by atoms with van der Waals surface area (Å²) in [6.45, 7) is 3.54. The molecule has 0 bridgehead atoms. The Morgan fingerprint density at radius 1 is 1.28 bits per heavy atom. The quantitative estimate of drug-likeness (QED) is 0.820. The fraction of sp³-hybridized carbons (Fsp3) is 0.500. The first-order valence-corrected chi connectivity index (χ1v) is 10.3. The first-order valence-electron chi connectivity index (χ1n) is 8.82. The topological polar surface area (TPSA) is 73.2 Å². The van der Waals surface area contributed by atoms with Gasteiger partial charge in [-0.2, -0.15) is 5.10 Å². The second-order valence-corrected chi connectivity index (χ2v) is 8.12. The molecule has 136 valence electrons. The maximum absolute atomic E-state index is 12.5. The van der Waals surface area contributed by atoms with Crippen LogP contribution in [0.25, 0.3) is 0 Å². The number of sulfonamides is 1. The number of aryl methyl sites for hydroxylation is 1. The van der Waals surface area contributed by atoms with Gasteiger partial charge in [0.05, 0.1) is 29.4 Å². The molecule has 1 atom stereocenters. The summed E-state index contributed by atoms with van der Waals surface area (Å²) in [5.74, 6) is 0. The lowest BCUT2D eigenvalue weighted by molar-refractivity contribution is 0.00401. The van der Waals surface area contributed by atoms with E-state index in [0.717, 1.165) is 37.9 Å². The molecule has 2 aromatic rings. The zero-order valence-corrected chi connectivity index (χ0v) is 15.3. The molecular formula is C18H25N3O3S. The van der Waals surface area contributed by atoms with Crippen molar-refractivity contribution >= 4 is 15.7 Å². The van der Waals surface area contributed by atoms with E-state index >= 15 is 0 Å². The second-order valence-electron chi connectivity index (χ2n) is 6.44. The van der Waals surface area contributed by atoms with Gasteiger partial charge in [-0.15, -0.1) is 0 Å². The van der Waals surface area contributed by atoms with Gasteiger partial charge in [0.15, 0.2) is 0 Å². The molecule has 0 amide bonds. The van der Waals surface area contributed by atoms with Crippen LogP contribution in [0.4, 0.5) is 5.69 Å². The van der Waals surface area contributed by atoms with Crippen LogP contribution in [0.15, 0.2) is 41.6 Å². The predicted molar refractivity (Wildman–Crippen MR) is 97.1 cm³/mol. The van der Waals surface area contributed by atoms with Gasteiger partial charge in [0.25, 0.3) is 10.0 Å². The summed E-state index contributed by atoms with van der Waals surface area (Å²) >= 11 is 0. The highest BCUT2D eigenvalue weighted by molar-refractivity contribution is 7.92. The minimum absolute atomic E-state index is 0.157. The molecule has 25 heavy (non-hydrogen) atoms. The molecule has 1 aromatic heterocycles. The molecule has 1 N–H and O–H groups in total. The van der Waals surface area contributed by atoms with Crippen molar-refractivity contribution in [2.45, 2.75) is 56.6 Å². The van der Waals surface area contributed by atoms with E-state index in [-0.39, 0.29) is 11.0 Å². The molecule has 0 saturated carbocycles. The molecule has 6 nitrogen and oxygen atoms in total. The van der Waals surface area contributed by atoms with Crippen molar-refractivity contribution < 1.29 is 13.2 Å². The highest BCUT2D eigenvalue weighted by atomic mass is 32.2. The van der Waals surface area contributed by atoms with Crippen molar-refractivity contribution in [2.24, 2.45) is 0 Å². The monoisotopic (exact) mass is 363 g/mol. The van der Waals surface area contributed by atoms with E-state index in [1.54, 1.807) is 23.0 Å². The normalized spacial score (nSPS) is 18.2. The summed E-state index contributed by atoms with van der Waals surface area (Å²) in [5.41, 5.74) is 1.61. The summed E-state index contributed by atoms with van der Waals surface area (Å²) in [5, 5.41) is 4.24. The van der Waals surface area contributed by atoms with Gasteiger partial charge in [0, 0.05) is 12.8 Å². The lowest BCUT2D eigenvalue weighted by Crippen LogP contribution is -2.24. The number of benzene rings is 1. The van der Waals surface area contributed by atoms with Gasteiger partial charge in [-0.05, 0) is 43.4 Å². The fourth-order valence-electron chi connectivity index (χ4n) is 3.01. The van der Waals surface area contributed by atoms with Gasteiger partial charge in [0.1, 0.15) is 0 Å². The average Bonchev–Trinajstić information content (AvgIpc) is 3.03. The highest BCUT2D eigenvalue weighted by Gasteiger charge is 2.17. The van der Waals surface area contributed by atoms with Crippen LogP contribution in [0.2, 0.25) is 0 Å². The van der Waals surface area contributed by atoms with Crippen LogP contribution < -0.4 is 4.72 Å². The zero-order valence-electron chi connectivity index (χ0n) is 14.5. The van der Waals surface area contributed by atoms with Gasteiger partial charge >= 0.3 is 0 Å². The van der Waals surface area contributed by atoms with Crippen LogP contribution in [0.5, 0.6) is 0 Å².